The number of fused-ring (bicyclic) bond motifs is 1. The molecular formula is C22H28N2O4. The van der Waals surface area contributed by atoms with Crippen molar-refractivity contribution < 1.29 is 19.1 Å². The van der Waals surface area contributed by atoms with Gasteiger partial charge in [0.1, 0.15) is 6.61 Å². The lowest BCUT2D eigenvalue weighted by atomic mass is 9.74. The first-order valence-electron chi connectivity index (χ1n) is 10.3. The molecular weight excluding hydrogens is 356 g/mol. The molecule has 1 aromatic rings. The van der Waals surface area contributed by atoms with Crippen LogP contribution >= 0.6 is 0 Å². The molecule has 28 heavy (non-hydrogen) atoms. The molecule has 6 heteroatoms. The highest BCUT2D eigenvalue weighted by molar-refractivity contribution is 6.05. The Kier molecular flexibility index (Phi) is 5.23. The molecule has 1 spiro atoms. The van der Waals surface area contributed by atoms with Gasteiger partial charge >= 0.3 is 0 Å². The van der Waals surface area contributed by atoms with E-state index in [1.165, 1.54) is 0 Å². The van der Waals surface area contributed by atoms with Crippen LogP contribution < -0.4 is 5.32 Å². The van der Waals surface area contributed by atoms with Crippen LogP contribution in [0.1, 0.15) is 64.8 Å². The summed E-state index contributed by atoms with van der Waals surface area (Å²) in [5.74, 6) is 0.117. The van der Waals surface area contributed by atoms with Crippen LogP contribution in [0.15, 0.2) is 18.2 Å². The maximum atomic E-state index is 13.0. The molecule has 3 aliphatic rings. The van der Waals surface area contributed by atoms with Gasteiger partial charge in [0.25, 0.3) is 5.91 Å². The summed E-state index contributed by atoms with van der Waals surface area (Å²) in [6.07, 6.45) is 6.16. The molecule has 1 aliphatic heterocycles. The minimum atomic E-state index is -0.0595. The van der Waals surface area contributed by atoms with E-state index in [0.717, 1.165) is 50.8 Å². The lowest BCUT2D eigenvalue weighted by Gasteiger charge is -2.43. The van der Waals surface area contributed by atoms with Crippen molar-refractivity contribution >= 4 is 17.6 Å². The normalized spacial score (nSPS) is 23.1. The number of amides is 2. The van der Waals surface area contributed by atoms with Gasteiger partial charge in [-0.3, -0.25) is 14.4 Å². The van der Waals surface area contributed by atoms with Crippen molar-refractivity contribution in [3.05, 3.63) is 34.9 Å². The number of likely N-dealkylation sites (tertiary alicyclic amines) is 1. The Morgan fingerprint density at radius 3 is 2.75 bits per heavy atom. The number of hydrogen-bond acceptors (Lipinski definition) is 4. The average Bonchev–Trinajstić information content (AvgIpc) is 3.26. The third-order valence-corrected chi connectivity index (χ3v) is 6.91. The first-order valence-corrected chi connectivity index (χ1v) is 10.3. The number of piperidine rings is 1. The summed E-state index contributed by atoms with van der Waals surface area (Å²) in [6.45, 7) is 1.58. The van der Waals surface area contributed by atoms with E-state index >= 15 is 0 Å². The standard InChI is InChI=1S/C22H28N2O4/c1-28-14-20(26)24-12-10-22(11-13-24)9-3-6-19(22)23-21(27)17-5-2-4-16-15(17)7-8-18(16)25/h2,4-5,19H,3,6-14H2,1H3,(H,23,27). The average molecular weight is 384 g/mol. The van der Waals surface area contributed by atoms with Crippen LogP contribution in [-0.2, 0) is 16.0 Å². The van der Waals surface area contributed by atoms with E-state index in [0.29, 0.717) is 24.0 Å². The van der Waals surface area contributed by atoms with E-state index in [1.54, 1.807) is 13.2 Å². The summed E-state index contributed by atoms with van der Waals surface area (Å²) < 4.78 is 4.97. The second-order valence-corrected chi connectivity index (χ2v) is 8.35. The van der Waals surface area contributed by atoms with Crippen LogP contribution in [0.4, 0.5) is 0 Å². The zero-order chi connectivity index (χ0) is 19.7. The van der Waals surface area contributed by atoms with Crippen molar-refractivity contribution in [1.82, 2.24) is 10.2 Å². The monoisotopic (exact) mass is 384 g/mol. The molecule has 1 atom stereocenters. The van der Waals surface area contributed by atoms with E-state index in [9.17, 15) is 14.4 Å². The lowest BCUT2D eigenvalue weighted by molar-refractivity contribution is -0.137. The van der Waals surface area contributed by atoms with Gasteiger partial charge in [0.05, 0.1) is 0 Å². The fourth-order valence-corrected chi connectivity index (χ4v) is 5.32. The Labute approximate surface area is 165 Å². The molecule has 1 N–H and O–H groups in total. The molecule has 2 amide bonds. The van der Waals surface area contributed by atoms with Gasteiger partial charge in [-0.1, -0.05) is 18.6 Å². The Hall–Kier alpha value is -2.21. The van der Waals surface area contributed by atoms with Gasteiger partial charge in [-0.2, -0.15) is 0 Å². The molecule has 0 aromatic heterocycles. The summed E-state index contributed by atoms with van der Waals surface area (Å²) in [5, 5.41) is 3.29. The predicted molar refractivity (Wildman–Crippen MR) is 104 cm³/mol. The third kappa shape index (κ3) is 3.34. The highest BCUT2D eigenvalue weighted by atomic mass is 16.5. The van der Waals surface area contributed by atoms with Gasteiger partial charge in [-0.05, 0) is 49.1 Å². The number of ketones is 1. The van der Waals surface area contributed by atoms with Crippen molar-refractivity contribution in [2.24, 2.45) is 5.41 Å². The van der Waals surface area contributed by atoms with Crippen molar-refractivity contribution in [2.45, 2.75) is 51.0 Å². The summed E-state index contributed by atoms with van der Waals surface area (Å²) in [4.78, 5) is 39.0. The highest BCUT2D eigenvalue weighted by Crippen LogP contribution is 2.46. The Morgan fingerprint density at radius 1 is 1.21 bits per heavy atom. The quantitative estimate of drug-likeness (QED) is 0.865. The first kappa shape index (κ1) is 19.1. The number of carbonyl (C=O) groups is 3. The van der Waals surface area contributed by atoms with Crippen LogP contribution in [0.25, 0.3) is 0 Å². The number of rotatable bonds is 4. The van der Waals surface area contributed by atoms with Crippen LogP contribution in [0.3, 0.4) is 0 Å². The topological polar surface area (TPSA) is 75.7 Å². The molecule has 150 valence electrons. The molecule has 2 aliphatic carbocycles. The van der Waals surface area contributed by atoms with Crippen LogP contribution in [-0.4, -0.2) is 55.3 Å². The third-order valence-electron chi connectivity index (χ3n) is 6.91. The summed E-state index contributed by atoms with van der Waals surface area (Å²) in [6, 6.07) is 5.60. The van der Waals surface area contributed by atoms with Gasteiger partial charge in [-0.15, -0.1) is 0 Å². The number of benzene rings is 1. The number of hydrogen-bond donors (Lipinski definition) is 1. The number of nitrogens with one attached hydrogen (secondary N) is 1. The molecule has 1 saturated carbocycles. The maximum Gasteiger partial charge on any atom is 0.251 e. The molecule has 1 heterocycles. The zero-order valence-electron chi connectivity index (χ0n) is 16.5. The van der Waals surface area contributed by atoms with Gasteiger partial charge in [0.15, 0.2) is 5.78 Å². The molecule has 0 bridgehead atoms. The Bertz CT molecular complexity index is 796. The Morgan fingerprint density at radius 2 is 2.00 bits per heavy atom. The fourth-order valence-electron chi connectivity index (χ4n) is 5.32. The van der Waals surface area contributed by atoms with Crippen LogP contribution in [0, 0.1) is 5.41 Å². The van der Waals surface area contributed by atoms with Crippen molar-refractivity contribution in [3.63, 3.8) is 0 Å². The van der Waals surface area contributed by atoms with E-state index in [2.05, 4.69) is 5.32 Å². The van der Waals surface area contributed by atoms with Gasteiger partial charge in [0, 0.05) is 43.8 Å². The minimum Gasteiger partial charge on any atom is -0.375 e. The summed E-state index contributed by atoms with van der Waals surface area (Å²) in [5.41, 5.74) is 2.33. The number of methoxy groups -OCH3 is 1. The maximum absolute atomic E-state index is 13.0. The summed E-state index contributed by atoms with van der Waals surface area (Å²) >= 11 is 0. The van der Waals surface area contributed by atoms with E-state index in [-0.39, 0.29) is 35.7 Å². The fraction of sp³-hybridized carbons (Fsp3) is 0.591. The van der Waals surface area contributed by atoms with Gasteiger partial charge in [0.2, 0.25) is 5.91 Å². The van der Waals surface area contributed by atoms with E-state index in [1.807, 2.05) is 17.0 Å². The molecule has 1 saturated heterocycles. The molecule has 1 unspecified atom stereocenters. The molecule has 6 nitrogen and oxygen atoms in total. The second-order valence-electron chi connectivity index (χ2n) is 8.35. The van der Waals surface area contributed by atoms with Crippen LogP contribution in [0.2, 0.25) is 0 Å². The Balaban J connectivity index is 1.45. The highest BCUT2D eigenvalue weighted by Gasteiger charge is 2.46. The van der Waals surface area contributed by atoms with Crippen molar-refractivity contribution in [2.75, 3.05) is 26.8 Å². The van der Waals surface area contributed by atoms with Crippen molar-refractivity contribution in [1.29, 1.82) is 0 Å². The van der Waals surface area contributed by atoms with Crippen LogP contribution in [0.5, 0.6) is 0 Å². The summed E-state index contributed by atoms with van der Waals surface area (Å²) in [7, 11) is 1.54. The SMILES string of the molecule is COCC(=O)N1CCC2(CCCC2NC(=O)c2cccc3c2CCC3=O)CC1. The van der Waals surface area contributed by atoms with E-state index in [4.69, 9.17) is 4.74 Å². The molecule has 1 aromatic carbocycles. The molecule has 2 fully saturated rings. The number of ether oxygens (including phenoxy) is 1. The van der Waals surface area contributed by atoms with E-state index < -0.39 is 0 Å². The lowest BCUT2D eigenvalue weighted by Crippen LogP contribution is -2.51. The largest absolute Gasteiger partial charge is 0.375 e. The predicted octanol–water partition coefficient (Wildman–Crippen LogP) is 2.35. The molecule has 0 radical (unpaired) electrons. The van der Waals surface area contributed by atoms with Gasteiger partial charge in [-0.25, -0.2) is 0 Å². The van der Waals surface area contributed by atoms with Gasteiger partial charge < -0.3 is 15.0 Å². The number of Topliss-reactive ketones (excluding diaryl/α,β-unsaturated/α-hetero) is 1. The number of carbonyl (C=O) groups excluding carboxylic acids is 3. The zero-order valence-corrected chi connectivity index (χ0v) is 16.5. The number of nitrogens with zero attached hydrogens (tertiary/aromatic N) is 1. The molecule has 4 rings (SSSR count). The van der Waals surface area contributed by atoms with Crippen molar-refractivity contribution in [3.8, 4) is 0 Å². The minimum absolute atomic E-state index is 0.0421. The first-order chi connectivity index (χ1) is 13.5. The second kappa shape index (κ2) is 7.66. The smallest absolute Gasteiger partial charge is 0.251 e.